The van der Waals surface area contributed by atoms with Gasteiger partial charge in [-0.15, -0.1) is 0 Å². The van der Waals surface area contributed by atoms with Crippen LogP contribution < -0.4 is 29.6 Å². The average Bonchev–Trinajstić information content (AvgIpc) is 2.51. The van der Waals surface area contributed by atoms with Crippen LogP contribution in [0.1, 0.15) is 96.8 Å². The van der Waals surface area contributed by atoms with Gasteiger partial charge in [0, 0.05) is 6.61 Å². The Morgan fingerprint density at radius 2 is 0.960 bits per heavy atom. The van der Waals surface area contributed by atoms with Crippen LogP contribution in [-0.4, -0.2) is 42.2 Å². The number of aliphatic hydroxyl groups excluding tert-OH is 2. The van der Waals surface area contributed by atoms with Crippen molar-refractivity contribution >= 4 is 10.1 Å². The summed E-state index contributed by atoms with van der Waals surface area (Å²) in [4.78, 5) is 0. The zero-order valence-electron chi connectivity index (χ0n) is 16.5. The van der Waals surface area contributed by atoms with Crippen LogP contribution in [0.4, 0.5) is 0 Å². The molecule has 0 amide bonds. The average molecular weight is 391 g/mol. The molecule has 148 valence electrons. The maximum atomic E-state index is 9.52. The smallest absolute Gasteiger partial charge is 0.748 e. The van der Waals surface area contributed by atoms with Crippen molar-refractivity contribution < 1.29 is 52.7 Å². The van der Waals surface area contributed by atoms with E-state index in [4.69, 9.17) is 10.2 Å². The van der Waals surface area contributed by atoms with E-state index < -0.39 is 22.5 Å². The molecule has 0 spiro atoms. The van der Waals surface area contributed by atoms with Crippen LogP contribution in [0, 0.1) is 0 Å². The molecule has 0 aromatic carbocycles. The van der Waals surface area contributed by atoms with Gasteiger partial charge in [-0.3, -0.25) is 0 Å². The quantitative estimate of drug-likeness (QED) is 0.233. The summed E-state index contributed by atoms with van der Waals surface area (Å²) in [6, 6.07) is 0. The Labute approximate surface area is 178 Å². The molecule has 0 aliphatic heterocycles. The molecule has 0 saturated carbocycles. The summed E-state index contributed by atoms with van der Waals surface area (Å²) in [5, 5.41) is 16.5. The molecule has 0 aromatic heterocycles. The first kappa shape index (κ1) is 30.6. The molecule has 0 unspecified atom stereocenters. The van der Waals surface area contributed by atoms with Crippen LogP contribution >= 0.6 is 0 Å². The summed E-state index contributed by atoms with van der Waals surface area (Å²) in [7, 11) is -4.17. The zero-order chi connectivity index (χ0) is 18.5. The molecule has 7 heteroatoms. The molecule has 0 saturated heterocycles. The molecule has 0 heterocycles. The molecule has 0 bridgehead atoms. The Morgan fingerprint density at radius 3 is 1.16 bits per heavy atom. The summed E-state index contributed by atoms with van der Waals surface area (Å²) in [5.41, 5.74) is 0. The van der Waals surface area contributed by atoms with Crippen LogP contribution in [0.15, 0.2) is 0 Å². The third kappa shape index (κ3) is 36.5. The largest absolute Gasteiger partial charge is 1.00 e. The topological polar surface area (TPSA) is 97.7 Å². The molecule has 0 aliphatic rings. The van der Waals surface area contributed by atoms with Crippen molar-refractivity contribution in [3.05, 3.63) is 0 Å². The normalized spacial score (nSPS) is 10.7. The van der Waals surface area contributed by atoms with E-state index in [0.29, 0.717) is 6.61 Å². The van der Waals surface area contributed by atoms with Crippen LogP contribution in [0.25, 0.3) is 0 Å². The number of aliphatic hydroxyl groups is 2. The van der Waals surface area contributed by atoms with Crippen molar-refractivity contribution in [3.63, 3.8) is 0 Å². The zero-order valence-corrected chi connectivity index (χ0v) is 19.4. The summed E-state index contributed by atoms with van der Waals surface area (Å²) in [6.07, 6.45) is 19.2. The van der Waals surface area contributed by atoms with Gasteiger partial charge in [-0.05, 0) is 6.42 Å². The number of hydrogen-bond acceptors (Lipinski definition) is 5. The third-order valence-corrected chi connectivity index (χ3v) is 4.54. The first-order valence-corrected chi connectivity index (χ1v) is 11.2. The standard InChI is InChI=1S/C16H34O.C2H6O4S.Na/c1-2-3-4-5-6-7-8-9-10-11-12-13-14-15-16-17;3-1-2-7(4,5)6;/h17H,2-16H2,1H3;3H,1-2H2,(H,4,5,6);/q;;+1/p-1. The van der Waals surface area contributed by atoms with Crippen molar-refractivity contribution in [2.45, 2.75) is 96.8 Å². The predicted molar refractivity (Wildman–Crippen MR) is 99.0 cm³/mol. The summed E-state index contributed by atoms with van der Waals surface area (Å²) < 4.78 is 28.5. The third-order valence-electron chi connectivity index (χ3n) is 3.85. The number of hydrogen-bond donors (Lipinski definition) is 2. The molecule has 0 aliphatic carbocycles. The molecule has 2 N–H and O–H groups in total. The summed E-state index contributed by atoms with van der Waals surface area (Å²) in [5.74, 6) is -0.688. The second-order valence-electron chi connectivity index (χ2n) is 6.31. The number of unbranched alkanes of at least 4 members (excludes halogenated alkanes) is 13. The minimum Gasteiger partial charge on any atom is -0.748 e. The maximum Gasteiger partial charge on any atom is 1.00 e. The minimum atomic E-state index is -4.17. The monoisotopic (exact) mass is 390 g/mol. The molecule has 0 atom stereocenters. The van der Waals surface area contributed by atoms with Crippen LogP contribution in [0.2, 0.25) is 0 Å². The SMILES string of the molecule is CCCCCCCCCCCCCCCCO.O=S(=O)([O-])CCO.[Na+]. The molecule has 0 aromatic rings. The predicted octanol–water partition coefficient (Wildman–Crippen LogP) is 0.988. The van der Waals surface area contributed by atoms with E-state index in [9.17, 15) is 13.0 Å². The van der Waals surface area contributed by atoms with E-state index >= 15 is 0 Å². The van der Waals surface area contributed by atoms with E-state index in [-0.39, 0.29) is 29.6 Å². The first-order chi connectivity index (χ1) is 11.5. The maximum absolute atomic E-state index is 9.52. The molecular weight excluding hydrogens is 351 g/mol. The van der Waals surface area contributed by atoms with Gasteiger partial charge in [0.05, 0.1) is 22.5 Å². The van der Waals surface area contributed by atoms with Crippen molar-refractivity contribution in [1.29, 1.82) is 0 Å². The van der Waals surface area contributed by atoms with Gasteiger partial charge in [-0.2, -0.15) is 0 Å². The van der Waals surface area contributed by atoms with Crippen LogP contribution in [-0.2, 0) is 10.1 Å². The Hall–Kier alpha value is 0.830. The summed E-state index contributed by atoms with van der Waals surface area (Å²) in [6.45, 7) is 2.06. The Kier molecular flexibility index (Phi) is 30.3. The van der Waals surface area contributed by atoms with Gasteiger partial charge in [0.15, 0.2) is 0 Å². The fourth-order valence-corrected chi connectivity index (χ4v) is 2.64. The fourth-order valence-electron chi connectivity index (χ4n) is 2.42. The van der Waals surface area contributed by atoms with Crippen LogP contribution in [0.3, 0.4) is 0 Å². The van der Waals surface area contributed by atoms with Gasteiger partial charge in [0.25, 0.3) is 0 Å². The summed E-state index contributed by atoms with van der Waals surface area (Å²) >= 11 is 0. The Bertz CT molecular complexity index is 309. The van der Waals surface area contributed by atoms with Gasteiger partial charge < -0.3 is 14.8 Å². The van der Waals surface area contributed by atoms with E-state index in [1.165, 1.54) is 83.5 Å². The van der Waals surface area contributed by atoms with Gasteiger partial charge in [0.1, 0.15) is 0 Å². The van der Waals surface area contributed by atoms with Gasteiger partial charge >= 0.3 is 29.6 Å². The molecule has 5 nitrogen and oxygen atoms in total. The molecule has 0 fully saturated rings. The molecular formula is C18H39NaO5S. The van der Waals surface area contributed by atoms with E-state index in [0.717, 1.165) is 6.42 Å². The molecule has 25 heavy (non-hydrogen) atoms. The second-order valence-corrected chi connectivity index (χ2v) is 7.83. The van der Waals surface area contributed by atoms with E-state index in [2.05, 4.69) is 6.92 Å². The van der Waals surface area contributed by atoms with Crippen molar-refractivity contribution in [2.24, 2.45) is 0 Å². The fraction of sp³-hybridized carbons (Fsp3) is 1.00. The van der Waals surface area contributed by atoms with Crippen molar-refractivity contribution in [3.8, 4) is 0 Å². The Balaban J connectivity index is -0.000000513. The van der Waals surface area contributed by atoms with E-state index in [1.54, 1.807) is 0 Å². The molecule has 0 radical (unpaired) electrons. The van der Waals surface area contributed by atoms with E-state index in [1.807, 2.05) is 0 Å². The van der Waals surface area contributed by atoms with Gasteiger partial charge in [-0.1, -0.05) is 90.4 Å². The number of rotatable bonds is 16. The Morgan fingerprint density at radius 1 is 0.640 bits per heavy atom. The molecule has 0 rings (SSSR count). The van der Waals surface area contributed by atoms with Gasteiger partial charge in [0.2, 0.25) is 0 Å². The van der Waals surface area contributed by atoms with Crippen molar-refractivity contribution in [2.75, 3.05) is 19.0 Å². The minimum absolute atomic E-state index is 0. The van der Waals surface area contributed by atoms with Crippen molar-refractivity contribution in [1.82, 2.24) is 0 Å². The second kappa shape index (κ2) is 24.8. The van der Waals surface area contributed by atoms with Crippen LogP contribution in [0.5, 0.6) is 0 Å². The first-order valence-electron chi connectivity index (χ1n) is 9.63. The van der Waals surface area contributed by atoms with Gasteiger partial charge in [-0.25, -0.2) is 8.42 Å².